The largest absolute Gasteiger partial charge is 0.368 e. The number of pyridine rings is 1. The van der Waals surface area contributed by atoms with Crippen molar-refractivity contribution in [2.45, 2.75) is 18.4 Å². The Morgan fingerprint density at radius 1 is 0.970 bits per heavy atom. The third-order valence-electron chi connectivity index (χ3n) is 5.26. The molecule has 0 bridgehead atoms. The van der Waals surface area contributed by atoms with E-state index >= 15 is 0 Å². The average molecular weight is 463 g/mol. The molecule has 9 heteroatoms. The van der Waals surface area contributed by atoms with Crippen molar-refractivity contribution in [2.75, 3.05) is 0 Å². The van der Waals surface area contributed by atoms with Gasteiger partial charge in [0.25, 0.3) is 10.0 Å². The van der Waals surface area contributed by atoms with E-state index in [1.807, 2.05) is 42.8 Å². The SMILES string of the molecule is Cc1ccc(S(=O)(=O)/N=c2/ccc(C(=O)c3cn(C)c4ccccc34)cn2CC(N)=O)cc1. The molecule has 0 saturated carbocycles. The van der Waals surface area contributed by atoms with Crippen LogP contribution in [-0.4, -0.2) is 29.2 Å². The first-order chi connectivity index (χ1) is 15.7. The predicted octanol–water partition coefficient (Wildman–Crippen LogP) is 2.29. The second-order valence-corrected chi connectivity index (χ2v) is 9.35. The van der Waals surface area contributed by atoms with Crippen LogP contribution in [0.4, 0.5) is 0 Å². The molecule has 0 saturated heterocycles. The molecule has 168 valence electrons. The zero-order valence-corrected chi connectivity index (χ0v) is 18.9. The summed E-state index contributed by atoms with van der Waals surface area (Å²) in [5.41, 5.74) is 7.94. The second-order valence-electron chi connectivity index (χ2n) is 7.75. The van der Waals surface area contributed by atoms with Crippen LogP contribution in [0.15, 0.2) is 82.4 Å². The number of carbonyl (C=O) groups excluding carboxylic acids is 2. The molecule has 33 heavy (non-hydrogen) atoms. The molecule has 0 fully saturated rings. The van der Waals surface area contributed by atoms with Gasteiger partial charge in [0.05, 0.1) is 4.90 Å². The summed E-state index contributed by atoms with van der Waals surface area (Å²) in [5, 5.41) is 0.794. The van der Waals surface area contributed by atoms with E-state index in [2.05, 4.69) is 4.40 Å². The van der Waals surface area contributed by atoms with Gasteiger partial charge in [0, 0.05) is 41.5 Å². The first-order valence-corrected chi connectivity index (χ1v) is 11.5. The van der Waals surface area contributed by atoms with Crippen LogP contribution < -0.4 is 11.2 Å². The summed E-state index contributed by atoms with van der Waals surface area (Å²) >= 11 is 0. The van der Waals surface area contributed by atoms with Gasteiger partial charge in [-0.2, -0.15) is 8.42 Å². The molecule has 0 spiro atoms. The maximum atomic E-state index is 13.3. The molecule has 0 aliphatic carbocycles. The molecule has 2 heterocycles. The van der Waals surface area contributed by atoms with Crippen molar-refractivity contribution in [3.63, 3.8) is 0 Å². The highest BCUT2D eigenvalue weighted by atomic mass is 32.2. The topological polar surface area (TPSA) is 117 Å². The van der Waals surface area contributed by atoms with Gasteiger partial charge in [-0.1, -0.05) is 35.9 Å². The van der Waals surface area contributed by atoms with Crippen molar-refractivity contribution in [3.8, 4) is 0 Å². The van der Waals surface area contributed by atoms with Crippen LogP contribution >= 0.6 is 0 Å². The van der Waals surface area contributed by atoms with Crippen LogP contribution in [-0.2, 0) is 28.4 Å². The fraction of sp³-hybridized carbons (Fsp3) is 0.125. The standard InChI is InChI=1S/C24H22N4O4S/c1-16-7-10-18(11-8-16)33(31,32)26-23-12-9-17(13-28(23)15-22(25)29)24(30)20-14-27(2)21-6-4-3-5-19(20)21/h3-14H,15H2,1-2H3,(H2,25,29)/b26-23-. The molecule has 2 N–H and O–H groups in total. The van der Waals surface area contributed by atoms with Crippen molar-refractivity contribution in [2.24, 2.45) is 17.2 Å². The highest BCUT2D eigenvalue weighted by Gasteiger charge is 2.18. The third-order valence-corrected chi connectivity index (χ3v) is 6.56. The normalized spacial score (nSPS) is 12.2. The summed E-state index contributed by atoms with van der Waals surface area (Å²) < 4.78 is 32.6. The monoisotopic (exact) mass is 462 g/mol. The van der Waals surface area contributed by atoms with Gasteiger partial charge in [-0.15, -0.1) is 4.40 Å². The van der Waals surface area contributed by atoms with E-state index in [1.165, 1.54) is 35.0 Å². The molecule has 4 rings (SSSR count). The van der Waals surface area contributed by atoms with Gasteiger partial charge in [0.1, 0.15) is 12.0 Å². The molecule has 1 amide bonds. The fourth-order valence-electron chi connectivity index (χ4n) is 3.61. The number of aryl methyl sites for hydroxylation is 2. The molecule has 2 aromatic carbocycles. The molecule has 0 unspecified atom stereocenters. The highest BCUT2D eigenvalue weighted by molar-refractivity contribution is 7.90. The number of sulfonamides is 1. The van der Waals surface area contributed by atoms with Gasteiger partial charge in [0.15, 0.2) is 5.78 Å². The highest BCUT2D eigenvalue weighted by Crippen LogP contribution is 2.23. The van der Waals surface area contributed by atoms with Crippen LogP contribution in [0, 0.1) is 6.92 Å². The summed E-state index contributed by atoms with van der Waals surface area (Å²) in [6, 6.07) is 16.7. The zero-order valence-electron chi connectivity index (χ0n) is 18.1. The number of para-hydroxylation sites is 1. The number of ketones is 1. The maximum Gasteiger partial charge on any atom is 0.284 e. The van der Waals surface area contributed by atoms with E-state index in [0.717, 1.165) is 16.5 Å². The van der Waals surface area contributed by atoms with Crippen LogP contribution in [0.25, 0.3) is 10.9 Å². The first kappa shape index (κ1) is 22.2. The van der Waals surface area contributed by atoms with Gasteiger partial charge in [-0.05, 0) is 37.3 Å². The van der Waals surface area contributed by atoms with E-state index in [-0.39, 0.29) is 28.3 Å². The van der Waals surface area contributed by atoms with Crippen LogP contribution in [0.5, 0.6) is 0 Å². The lowest BCUT2D eigenvalue weighted by atomic mass is 10.0. The van der Waals surface area contributed by atoms with Crippen LogP contribution in [0.3, 0.4) is 0 Å². The number of benzene rings is 2. The van der Waals surface area contributed by atoms with Crippen LogP contribution in [0.2, 0.25) is 0 Å². The summed E-state index contributed by atoms with van der Waals surface area (Å²) in [6.45, 7) is 1.51. The Labute approximate surface area is 190 Å². The van der Waals surface area contributed by atoms with Crippen molar-refractivity contribution in [3.05, 3.63) is 95.2 Å². The Balaban J connectivity index is 1.81. The fourth-order valence-corrected chi connectivity index (χ4v) is 4.61. The number of nitrogens with zero attached hydrogens (tertiary/aromatic N) is 3. The number of hydrogen-bond acceptors (Lipinski definition) is 4. The predicted molar refractivity (Wildman–Crippen MR) is 124 cm³/mol. The number of fused-ring (bicyclic) bond motifs is 1. The molecule has 4 aromatic rings. The quantitative estimate of drug-likeness (QED) is 0.443. The van der Waals surface area contributed by atoms with Crippen molar-refractivity contribution >= 4 is 32.6 Å². The minimum atomic E-state index is -4.04. The Morgan fingerprint density at radius 3 is 2.36 bits per heavy atom. The van der Waals surface area contributed by atoms with Gasteiger partial charge in [0.2, 0.25) is 5.91 Å². The van der Waals surface area contributed by atoms with Crippen molar-refractivity contribution in [1.29, 1.82) is 0 Å². The number of carbonyl (C=O) groups is 2. The second kappa shape index (κ2) is 8.51. The van der Waals surface area contributed by atoms with E-state index in [4.69, 9.17) is 5.73 Å². The molecule has 2 aromatic heterocycles. The minimum absolute atomic E-state index is 0.0103. The molecule has 0 radical (unpaired) electrons. The molecule has 0 atom stereocenters. The number of nitrogens with two attached hydrogens (primary N) is 1. The van der Waals surface area contributed by atoms with Crippen molar-refractivity contribution in [1.82, 2.24) is 9.13 Å². The average Bonchev–Trinajstić information content (AvgIpc) is 3.11. The molecular formula is C24H22N4O4S. The van der Waals surface area contributed by atoms with E-state index in [1.54, 1.807) is 18.3 Å². The molecule has 8 nitrogen and oxygen atoms in total. The minimum Gasteiger partial charge on any atom is -0.368 e. The Hall–Kier alpha value is -3.98. The smallest absolute Gasteiger partial charge is 0.284 e. The molecule has 0 aliphatic rings. The first-order valence-electron chi connectivity index (χ1n) is 10.1. The number of amides is 1. The summed E-state index contributed by atoms with van der Waals surface area (Å²) in [4.78, 5) is 24.9. The van der Waals surface area contributed by atoms with Crippen LogP contribution in [0.1, 0.15) is 21.5 Å². The van der Waals surface area contributed by atoms with E-state index < -0.39 is 15.9 Å². The third kappa shape index (κ3) is 4.49. The molecule has 0 aliphatic heterocycles. The summed E-state index contributed by atoms with van der Waals surface area (Å²) in [5.74, 6) is -0.961. The van der Waals surface area contributed by atoms with E-state index in [9.17, 15) is 18.0 Å². The lowest BCUT2D eigenvalue weighted by molar-refractivity contribution is -0.118. The zero-order chi connectivity index (χ0) is 23.8. The van der Waals surface area contributed by atoms with Gasteiger partial charge in [-0.3, -0.25) is 9.59 Å². The number of aromatic nitrogens is 2. The Bertz CT molecular complexity index is 1560. The number of primary amides is 1. The lowest BCUT2D eigenvalue weighted by Crippen LogP contribution is -2.29. The van der Waals surface area contributed by atoms with Crippen molar-refractivity contribution < 1.29 is 18.0 Å². The summed E-state index contributed by atoms with van der Waals surface area (Å²) in [7, 11) is -2.18. The summed E-state index contributed by atoms with van der Waals surface area (Å²) in [6.07, 6.45) is 3.14. The number of hydrogen-bond donors (Lipinski definition) is 1. The van der Waals surface area contributed by atoms with Gasteiger partial charge in [-0.25, -0.2) is 0 Å². The Morgan fingerprint density at radius 2 is 1.67 bits per heavy atom. The Kier molecular flexibility index (Phi) is 5.73. The molecular weight excluding hydrogens is 440 g/mol. The van der Waals surface area contributed by atoms with Gasteiger partial charge >= 0.3 is 0 Å². The van der Waals surface area contributed by atoms with E-state index in [0.29, 0.717) is 5.56 Å². The maximum absolute atomic E-state index is 13.3. The number of rotatable bonds is 6. The van der Waals surface area contributed by atoms with Gasteiger partial charge < -0.3 is 14.9 Å². The lowest BCUT2D eigenvalue weighted by Gasteiger charge is -2.08.